The Bertz CT molecular complexity index is 400. The fraction of sp³-hybridized carbons (Fsp3) is 0.300. The Labute approximate surface area is 113 Å². The van der Waals surface area contributed by atoms with E-state index in [0.29, 0.717) is 0 Å². The molecule has 0 aliphatic carbocycles. The van der Waals surface area contributed by atoms with Crippen molar-refractivity contribution in [3.8, 4) is 0 Å². The van der Waals surface area contributed by atoms with Gasteiger partial charge in [-0.05, 0) is 17.7 Å². The van der Waals surface area contributed by atoms with Crippen LogP contribution >= 0.6 is 40.1 Å². The fourth-order valence-electron chi connectivity index (χ4n) is 1.26. The van der Waals surface area contributed by atoms with Gasteiger partial charge in [0.15, 0.2) is 5.17 Å². The quantitative estimate of drug-likeness (QED) is 0.903. The summed E-state index contributed by atoms with van der Waals surface area (Å²) >= 11 is 4.99. The molecule has 1 aliphatic rings. The summed E-state index contributed by atoms with van der Waals surface area (Å²) in [6.07, 6.45) is 0. The maximum Gasteiger partial charge on any atom is 0.157 e. The van der Waals surface area contributed by atoms with Crippen molar-refractivity contribution < 1.29 is 4.39 Å². The molecule has 16 heavy (non-hydrogen) atoms. The molecule has 0 spiro atoms. The van der Waals surface area contributed by atoms with Gasteiger partial charge in [0.2, 0.25) is 0 Å². The van der Waals surface area contributed by atoms with Crippen molar-refractivity contribution in [1.29, 1.82) is 0 Å². The first-order valence-corrected chi connectivity index (χ1v) is 6.38. The summed E-state index contributed by atoms with van der Waals surface area (Å²) in [6.45, 7) is 1.78. The SMILES string of the molecule is Cl.Fc1ccc(CSC2=NCCN2)c(Br)c1. The molecule has 1 heterocycles. The molecule has 88 valence electrons. The Balaban J connectivity index is 0.00000128. The second-order valence-electron chi connectivity index (χ2n) is 3.14. The number of nitrogens with zero attached hydrogens (tertiary/aromatic N) is 1. The maximum absolute atomic E-state index is 12.8. The van der Waals surface area contributed by atoms with Gasteiger partial charge in [0.05, 0.1) is 6.54 Å². The highest BCUT2D eigenvalue weighted by Crippen LogP contribution is 2.23. The number of amidine groups is 1. The number of hydrogen-bond donors (Lipinski definition) is 1. The third-order valence-corrected chi connectivity index (χ3v) is 3.76. The summed E-state index contributed by atoms with van der Waals surface area (Å²) in [5.74, 6) is 0.583. The number of hydrogen-bond acceptors (Lipinski definition) is 3. The van der Waals surface area contributed by atoms with Crippen LogP contribution in [0, 0.1) is 5.82 Å². The van der Waals surface area contributed by atoms with Crippen LogP contribution in [0.1, 0.15) is 5.56 Å². The van der Waals surface area contributed by atoms with Gasteiger partial charge in [-0.1, -0.05) is 33.8 Å². The molecule has 0 saturated carbocycles. The Morgan fingerprint density at radius 2 is 2.31 bits per heavy atom. The van der Waals surface area contributed by atoms with Gasteiger partial charge in [-0.2, -0.15) is 0 Å². The molecule has 0 fully saturated rings. The van der Waals surface area contributed by atoms with Crippen LogP contribution in [-0.4, -0.2) is 18.3 Å². The largest absolute Gasteiger partial charge is 0.363 e. The van der Waals surface area contributed by atoms with E-state index in [1.807, 2.05) is 0 Å². The van der Waals surface area contributed by atoms with E-state index in [0.717, 1.165) is 34.0 Å². The van der Waals surface area contributed by atoms with Gasteiger partial charge in [0.25, 0.3) is 0 Å². The lowest BCUT2D eigenvalue weighted by Crippen LogP contribution is -2.15. The zero-order valence-electron chi connectivity index (χ0n) is 8.37. The summed E-state index contributed by atoms with van der Waals surface area (Å²) in [5, 5.41) is 4.16. The average molecular weight is 326 g/mol. The van der Waals surface area contributed by atoms with E-state index in [2.05, 4.69) is 26.2 Å². The minimum Gasteiger partial charge on any atom is -0.363 e. The molecule has 0 saturated heterocycles. The minimum absolute atomic E-state index is 0. The highest BCUT2D eigenvalue weighted by Gasteiger charge is 2.07. The van der Waals surface area contributed by atoms with Gasteiger partial charge in [-0.3, -0.25) is 4.99 Å². The molecule has 1 N–H and O–H groups in total. The first-order valence-electron chi connectivity index (χ1n) is 4.61. The second-order valence-corrected chi connectivity index (χ2v) is 4.96. The lowest BCUT2D eigenvalue weighted by Gasteiger charge is -2.04. The summed E-state index contributed by atoms with van der Waals surface area (Å²) in [5.41, 5.74) is 1.08. The zero-order valence-corrected chi connectivity index (χ0v) is 11.6. The maximum atomic E-state index is 12.8. The van der Waals surface area contributed by atoms with E-state index in [9.17, 15) is 4.39 Å². The Morgan fingerprint density at radius 1 is 1.50 bits per heavy atom. The van der Waals surface area contributed by atoms with Crippen LogP contribution in [0.4, 0.5) is 4.39 Å². The molecule has 1 aromatic rings. The zero-order chi connectivity index (χ0) is 10.7. The molecular weight excluding hydrogens is 315 g/mol. The summed E-state index contributed by atoms with van der Waals surface area (Å²) in [7, 11) is 0. The number of nitrogens with one attached hydrogen (secondary N) is 1. The smallest absolute Gasteiger partial charge is 0.157 e. The number of thioether (sulfide) groups is 1. The fourth-order valence-corrected chi connectivity index (χ4v) is 2.86. The van der Waals surface area contributed by atoms with Crippen LogP contribution in [0.15, 0.2) is 27.7 Å². The van der Waals surface area contributed by atoms with Crippen molar-refractivity contribution in [3.63, 3.8) is 0 Å². The molecule has 1 aromatic carbocycles. The average Bonchev–Trinajstić information content (AvgIpc) is 2.69. The predicted molar refractivity (Wildman–Crippen MR) is 72.9 cm³/mol. The highest BCUT2D eigenvalue weighted by atomic mass is 79.9. The van der Waals surface area contributed by atoms with E-state index in [4.69, 9.17) is 0 Å². The monoisotopic (exact) mass is 324 g/mol. The van der Waals surface area contributed by atoms with Crippen molar-refractivity contribution >= 4 is 45.3 Å². The van der Waals surface area contributed by atoms with Gasteiger partial charge in [0, 0.05) is 16.8 Å². The molecule has 0 bridgehead atoms. The molecule has 0 unspecified atom stereocenters. The topological polar surface area (TPSA) is 24.4 Å². The Kier molecular flexibility index (Phi) is 5.58. The van der Waals surface area contributed by atoms with Gasteiger partial charge >= 0.3 is 0 Å². The number of aliphatic imine (C=N–C) groups is 1. The van der Waals surface area contributed by atoms with Crippen LogP contribution in [0.2, 0.25) is 0 Å². The van der Waals surface area contributed by atoms with E-state index in [1.165, 1.54) is 12.1 Å². The van der Waals surface area contributed by atoms with E-state index in [-0.39, 0.29) is 18.2 Å². The lowest BCUT2D eigenvalue weighted by molar-refractivity contribution is 0.626. The van der Waals surface area contributed by atoms with E-state index < -0.39 is 0 Å². The molecular formula is C10H11BrClFN2S. The van der Waals surface area contributed by atoms with Crippen molar-refractivity contribution in [2.75, 3.05) is 13.1 Å². The van der Waals surface area contributed by atoms with Crippen molar-refractivity contribution in [1.82, 2.24) is 5.32 Å². The molecule has 2 nitrogen and oxygen atoms in total. The van der Waals surface area contributed by atoms with Gasteiger partial charge in [-0.15, -0.1) is 12.4 Å². The van der Waals surface area contributed by atoms with Crippen LogP contribution in [0.25, 0.3) is 0 Å². The van der Waals surface area contributed by atoms with E-state index in [1.54, 1.807) is 17.8 Å². The second kappa shape index (κ2) is 6.47. The van der Waals surface area contributed by atoms with Gasteiger partial charge in [0.1, 0.15) is 5.82 Å². The third kappa shape index (κ3) is 3.64. The van der Waals surface area contributed by atoms with Crippen molar-refractivity contribution in [3.05, 3.63) is 34.1 Å². The lowest BCUT2D eigenvalue weighted by atomic mass is 10.2. The first kappa shape index (κ1) is 13.8. The minimum atomic E-state index is -0.216. The summed E-state index contributed by atoms with van der Waals surface area (Å²) in [4.78, 5) is 4.28. The first-order chi connectivity index (χ1) is 7.25. The van der Waals surface area contributed by atoms with Crippen LogP contribution in [0.3, 0.4) is 0 Å². The standard InChI is InChI=1S/C10H10BrFN2S.ClH/c11-9-5-8(12)2-1-7(9)6-15-10-13-3-4-14-10;/h1-2,5H,3-4,6H2,(H,13,14);1H. The molecule has 0 amide bonds. The molecule has 0 aromatic heterocycles. The molecule has 2 rings (SSSR count). The molecule has 0 atom stereocenters. The van der Waals surface area contributed by atoms with E-state index >= 15 is 0 Å². The van der Waals surface area contributed by atoms with Crippen molar-refractivity contribution in [2.45, 2.75) is 5.75 Å². The Morgan fingerprint density at radius 3 is 2.94 bits per heavy atom. The van der Waals surface area contributed by atoms with Gasteiger partial charge in [-0.25, -0.2) is 4.39 Å². The number of benzene rings is 1. The van der Waals surface area contributed by atoms with Crippen LogP contribution in [-0.2, 0) is 5.75 Å². The highest BCUT2D eigenvalue weighted by molar-refractivity contribution is 9.10. The third-order valence-electron chi connectivity index (χ3n) is 2.02. The van der Waals surface area contributed by atoms with Crippen LogP contribution < -0.4 is 5.32 Å². The predicted octanol–water partition coefficient (Wildman–Crippen LogP) is 3.20. The molecule has 6 heteroatoms. The van der Waals surface area contributed by atoms with Gasteiger partial charge < -0.3 is 5.32 Å². The normalized spacial score (nSPS) is 14.0. The molecule has 0 radical (unpaired) electrons. The number of halogens is 3. The number of rotatable bonds is 2. The van der Waals surface area contributed by atoms with Crippen molar-refractivity contribution in [2.24, 2.45) is 4.99 Å². The summed E-state index contributed by atoms with van der Waals surface area (Å²) < 4.78 is 13.6. The summed E-state index contributed by atoms with van der Waals surface area (Å²) in [6, 6.07) is 4.76. The Hall–Kier alpha value is -0.260. The van der Waals surface area contributed by atoms with Crippen LogP contribution in [0.5, 0.6) is 0 Å². The molecule has 1 aliphatic heterocycles.